The highest BCUT2D eigenvalue weighted by atomic mass is 127. The van der Waals surface area contributed by atoms with Crippen molar-refractivity contribution in [3.8, 4) is 0 Å². The van der Waals surface area contributed by atoms with Crippen LogP contribution >= 0.6 is 22.6 Å². The molecule has 6 heteroatoms. The molecule has 80 valence electrons. The molecule has 0 aliphatic rings. The normalized spacial score (nSPS) is 18.5. The van der Waals surface area contributed by atoms with E-state index >= 15 is 0 Å². The number of aliphatic hydroxyl groups is 2. The number of alkyl halides is 4. The molecular formula is C7H12F3IO2. The number of aliphatic hydroxyl groups excluding tert-OH is 1. The first-order chi connectivity index (χ1) is 5.52. The van der Waals surface area contributed by atoms with Crippen LogP contribution in [0.1, 0.15) is 20.3 Å². The fourth-order valence-electron chi connectivity index (χ4n) is 0.941. The van der Waals surface area contributed by atoms with Gasteiger partial charge in [0.15, 0.2) is 5.60 Å². The monoisotopic (exact) mass is 312 g/mol. The van der Waals surface area contributed by atoms with Gasteiger partial charge in [0, 0.05) is 9.84 Å². The standard InChI is InChI=1S/C7H12F3IO2/c1-5(2,11)3-6(13,4-12)7(8,9)10/h12-13H,3-4H2,1-2H3. The quantitative estimate of drug-likeness (QED) is 0.617. The van der Waals surface area contributed by atoms with Crippen LogP contribution in [0.4, 0.5) is 13.2 Å². The van der Waals surface area contributed by atoms with E-state index in [1.807, 2.05) is 0 Å². The molecule has 0 saturated carbocycles. The van der Waals surface area contributed by atoms with Gasteiger partial charge in [0.1, 0.15) is 0 Å². The average molecular weight is 312 g/mol. The molecule has 0 saturated heterocycles. The molecule has 13 heavy (non-hydrogen) atoms. The van der Waals surface area contributed by atoms with Crippen LogP contribution in [0, 0.1) is 0 Å². The average Bonchev–Trinajstić information content (AvgIpc) is 1.81. The highest BCUT2D eigenvalue weighted by Crippen LogP contribution is 2.38. The Labute approximate surface area is 88.3 Å². The molecular weight excluding hydrogens is 300 g/mol. The van der Waals surface area contributed by atoms with Crippen LogP contribution in [-0.4, -0.2) is 32.0 Å². The maximum atomic E-state index is 12.2. The van der Waals surface area contributed by atoms with Crippen molar-refractivity contribution in [2.75, 3.05) is 6.61 Å². The van der Waals surface area contributed by atoms with Crippen molar-refractivity contribution in [3.63, 3.8) is 0 Å². The molecule has 0 bridgehead atoms. The molecule has 0 aliphatic carbocycles. The summed E-state index contributed by atoms with van der Waals surface area (Å²) in [5.74, 6) is 0. The molecule has 0 aromatic carbocycles. The lowest BCUT2D eigenvalue weighted by Crippen LogP contribution is -2.51. The second kappa shape index (κ2) is 3.90. The smallest absolute Gasteiger partial charge is 0.393 e. The van der Waals surface area contributed by atoms with Crippen LogP contribution < -0.4 is 0 Å². The molecule has 0 aromatic heterocycles. The van der Waals surface area contributed by atoms with Crippen molar-refractivity contribution in [3.05, 3.63) is 0 Å². The van der Waals surface area contributed by atoms with Crippen molar-refractivity contribution in [2.24, 2.45) is 0 Å². The minimum atomic E-state index is -4.79. The SMILES string of the molecule is CC(C)(I)CC(O)(CO)C(F)(F)F. The lowest BCUT2D eigenvalue weighted by molar-refractivity contribution is -0.274. The van der Waals surface area contributed by atoms with Gasteiger partial charge in [-0.15, -0.1) is 0 Å². The van der Waals surface area contributed by atoms with Crippen LogP contribution in [0.5, 0.6) is 0 Å². The van der Waals surface area contributed by atoms with Crippen molar-refractivity contribution in [1.29, 1.82) is 0 Å². The van der Waals surface area contributed by atoms with Crippen molar-refractivity contribution >= 4 is 22.6 Å². The zero-order chi connectivity index (χ0) is 10.9. The van der Waals surface area contributed by atoms with Crippen molar-refractivity contribution in [1.82, 2.24) is 0 Å². The topological polar surface area (TPSA) is 40.5 Å². The number of rotatable bonds is 3. The molecule has 0 fully saturated rings. The summed E-state index contributed by atoms with van der Waals surface area (Å²) in [7, 11) is 0. The van der Waals surface area contributed by atoms with E-state index in [1.54, 1.807) is 36.4 Å². The minimum absolute atomic E-state index is 0.527. The highest BCUT2D eigenvalue weighted by Gasteiger charge is 2.55. The van der Waals surface area contributed by atoms with E-state index in [2.05, 4.69) is 0 Å². The van der Waals surface area contributed by atoms with Gasteiger partial charge in [-0.25, -0.2) is 0 Å². The molecule has 0 spiro atoms. The molecule has 0 aliphatic heterocycles. The van der Waals surface area contributed by atoms with Gasteiger partial charge in [0.2, 0.25) is 0 Å². The summed E-state index contributed by atoms with van der Waals surface area (Å²) in [5, 5.41) is 17.6. The van der Waals surface area contributed by atoms with Crippen LogP contribution in [-0.2, 0) is 0 Å². The second-order valence-corrected chi connectivity index (χ2v) is 6.50. The Morgan fingerprint density at radius 3 is 1.69 bits per heavy atom. The van der Waals surface area contributed by atoms with Gasteiger partial charge in [-0.05, 0) is 0 Å². The summed E-state index contributed by atoms with van der Waals surface area (Å²) in [4.78, 5) is 0. The molecule has 1 unspecified atom stereocenters. The molecule has 2 nitrogen and oxygen atoms in total. The van der Waals surface area contributed by atoms with E-state index in [0.717, 1.165) is 0 Å². The van der Waals surface area contributed by atoms with E-state index < -0.39 is 28.2 Å². The fraction of sp³-hybridized carbons (Fsp3) is 1.00. The molecule has 0 radical (unpaired) electrons. The first-order valence-corrected chi connectivity index (χ1v) is 4.69. The number of hydrogen-bond donors (Lipinski definition) is 2. The van der Waals surface area contributed by atoms with E-state index in [4.69, 9.17) is 10.2 Å². The minimum Gasteiger partial charge on any atom is -0.393 e. The predicted octanol–water partition coefficient (Wildman–Crippen LogP) is 1.88. The Bertz CT molecular complexity index is 176. The van der Waals surface area contributed by atoms with E-state index in [9.17, 15) is 13.2 Å². The summed E-state index contributed by atoms with van der Waals surface area (Å²) >= 11 is 1.79. The Kier molecular flexibility index (Phi) is 4.03. The van der Waals surface area contributed by atoms with Gasteiger partial charge < -0.3 is 10.2 Å². The summed E-state index contributed by atoms with van der Waals surface area (Å²) in [6, 6.07) is 0. The van der Waals surface area contributed by atoms with Crippen LogP contribution in [0.2, 0.25) is 0 Å². The van der Waals surface area contributed by atoms with E-state index in [0.29, 0.717) is 0 Å². The van der Waals surface area contributed by atoms with E-state index in [-0.39, 0.29) is 0 Å². The summed E-state index contributed by atoms with van der Waals surface area (Å²) in [6.45, 7) is 1.81. The molecule has 2 N–H and O–H groups in total. The van der Waals surface area contributed by atoms with Crippen molar-refractivity contribution in [2.45, 2.75) is 35.5 Å². The van der Waals surface area contributed by atoms with Gasteiger partial charge in [-0.1, -0.05) is 36.4 Å². The molecule has 0 amide bonds. The molecule has 0 aromatic rings. The summed E-state index contributed by atoms with van der Waals surface area (Å²) in [6.07, 6.45) is -5.31. The lowest BCUT2D eigenvalue weighted by Gasteiger charge is -2.33. The third kappa shape index (κ3) is 3.99. The Hall–Kier alpha value is 0.440. The van der Waals surface area contributed by atoms with Gasteiger partial charge in [-0.3, -0.25) is 0 Å². The van der Waals surface area contributed by atoms with Crippen molar-refractivity contribution < 1.29 is 23.4 Å². The van der Waals surface area contributed by atoms with Crippen LogP contribution in [0.15, 0.2) is 0 Å². The Morgan fingerprint density at radius 1 is 1.23 bits per heavy atom. The predicted molar refractivity (Wildman–Crippen MR) is 50.8 cm³/mol. The first-order valence-electron chi connectivity index (χ1n) is 3.61. The van der Waals surface area contributed by atoms with Crippen LogP contribution in [0.25, 0.3) is 0 Å². The molecule has 0 heterocycles. The number of hydrogen-bond acceptors (Lipinski definition) is 2. The van der Waals surface area contributed by atoms with Gasteiger partial charge in [0.05, 0.1) is 6.61 Å². The first kappa shape index (κ1) is 13.4. The van der Waals surface area contributed by atoms with Crippen LogP contribution in [0.3, 0.4) is 0 Å². The molecule has 1 atom stereocenters. The maximum Gasteiger partial charge on any atom is 0.419 e. The molecule has 0 rings (SSSR count). The third-order valence-electron chi connectivity index (χ3n) is 1.50. The Balaban J connectivity index is 4.67. The second-order valence-electron chi connectivity index (χ2n) is 3.58. The zero-order valence-corrected chi connectivity index (χ0v) is 9.48. The van der Waals surface area contributed by atoms with Gasteiger partial charge >= 0.3 is 6.18 Å². The largest absolute Gasteiger partial charge is 0.419 e. The summed E-state index contributed by atoms with van der Waals surface area (Å²) < 4.78 is 35.9. The summed E-state index contributed by atoms with van der Waals surface area (Å²) in [5.41, 5.74) is -2.99. The Morgan fingerprint density at radius 2 is 1.62 bits per heavy atom. The van der Waals surface area contributed by atoms with E-state index in [1.165, 1.54) is 0 Å². The van der Waals surface area contributed by atoms with Gasteiger partial charge in [-0.2, -0.15) is 13.2 Å². The maximum absolute atomic E-state index is 12.2. The number of halogens is 4. The fourth-order valence-corrected chi connectivity index (χ4v) is 1.57. The lowest BCUT2D eigenvalue weighted by atomic mass is 9.92. The zero-order valence-electron chi connectivity index (χ0n) is 7.32. The van der Waals surface area contributed by atoms with Gasteiger partial charge in [0.25, 0.3) is 0 Å². The third-order valence-corrected chi connectivity index (χ3v) is 1.88. The highest BCUT2D eigenvalue weighted by molar-refractivity contribution is 14.1.